The zero-order valence-corrected chi connectivity index (χ0v) is 14.9. The molecule has 0 N–H and O–H groups in total. The van der Waals surface area contributed by atoms with E-state index in [2.05, 4.69) is 20.8 Å². The second kappa shape index (κ2) is 13.6. The maximum absolute atomic E-state index is 11.7. The van der Waals surface area contributed by atoms with Crippen molar-refractivity contribution in [2.45, 2.75) is 91.6 Å². The van der Waals surface area contributed by atoms with Gasteiger partial charge in [0.2, 0.25) is 0 Å². The Morgan fingerprint density at radius 3 is 2.05 bits per heavy atom. The molecule has 1 atom stereocenters. The first-order chi connectivity index (χ1) is 10.6. The van der Waals surface area contributed by atoms with Crippen molar-refractivity contribution < 1.29 is 19.1 Å². The molecule has 130 valence electrons. The molecule has 22 heavy (non-hydrogen) atoms. The van der Waals surface area contributed by atoms with Crippen LogP contribution in [0.5, 0.6) is 0 Å². The molecule has 0 saturated heterocycles. The summed E-state index contributed by atoms with van der Waals surface area (Å²) in [6.07, 6.45) is 8.76. The van der Waals surface area contributed by atoms with Crippen LogP contribution in [-0.2, 0) is 19.1 Å². The lowest BCUT2D eigenvalue weighted by Gasteiger charge is -2.18. The zero-order chi connectivity index (χ0) is 16.8. The van der Waals surface area contributed by atoms with Crippen LogP contribution in [0.2, 0.25) is 0 Å². The van der Waals surface area contributed by atoms with E-state index < -0.39 is 11.9 Å². The van der Waals surface area contributed by atoms with E-state index in [1.54, 1.807) is 0 Å². The Morgan fingerprint density at radius 2 is 1.50 bits per heavy atom. The van der Waals surface area contributed by atoms with Crippen molar-refractivity contribution in [3.8, 4) is 0 Å². The summed E-state index contributed by atoms with van der Waals surface area (Å²) in [5.41, 5.74) is 0. The minimum Gasteiger partial charge on any atom is -0.457 e. The standard InChI is InChI=1S/C18H34O4/c1-5-9-10-11-14-21-17(19)18(20)22-16(8-4)13-12-15(6-2)7-3/h15-16H,5-14H2,1-4H3. The molecule has 0 aliphatic heterocycles. The molecule has 0 fully saturated rings. The van der Waals surface area contributed by atoms with Gasteiger partial charge in [-0.05, 0) is 31.6 Å². The van der Waals surface area contributed by atoms with Crippen LogP contribution in [0, 0.1) is 5.92 Å². The van der Waals surface area contributed by atoms with Crippen LogP contribution >= 0.6 is 0 Å². The Kier molecular flexibility index (Phi) is 12.9. The molecule has 0 aromatic carbocycles. The SMILES string of the molecule is CCCCCCOC(=O)C(=O)OC(CC)CCC(CC)CC. The molecule has 0 aromatic heterocycles. The minimum atomic E-state index is -0.850. The molecule has 0 saturated carbocycles. The average Bonchev–Trinajstić information content (AvgIpc) is 2.53. The topological polar surface area (TPSA) is 52.6 Å². The Balaban J connectivity index is 4.00. The van der Waals surface area contributed by atoms with E-state index in [1.807, 2.05) is 6.92 Å². The molecule has 4 nitrogen and oxygen atoms in total. The minimum absolute atomic E-state index is 0.180. The van der Waals surface area contributed by atoms with Gasteiger partial charge in [-0.2, -0.15) is 0 Å². The first kappa shape index (κ1) is 20.9. The van der Waals surface area contributed by atoms with E-state index in [0.717, 1.165) is 57.8 Å². The predicted octanol–water partition coefficient (Wildman–Crippen LogP) is 4.65. The molecular formula is C18H34O4. The van der Waals surface area contributed by atoms with Gasteiger partial charge in [0.1, 0.15) is 6.10 Å². The first-order valence-electron chi connectivity index (χ1n) is 8.96. The summed E-state index contributed by atoms with van der Waals surface area (Å²) < 4.78 is 10.2. The number of ether oxygens (including phenoxy) is 2. The fraction of sp³-hybridized carbons (Fsp3) is 0.889. The van der Waals surface area contributed by atoms with Gasteiger partial charge in [0.15, 0.2) is 0 Å². The third-order valence-corrected chi connectivity index (χ3v) is 4.18. The lowest BCUT2D eigenvalue weighted by Crippen LogP contribution is -2.26. The third-order valence-electron chi connectivity index (χ3n) is 4.18. The predicted molar refractivity (Wildman–Crippen MR) is 88.6 cm³/mol. The highest BCUT2D eigenvalue weighted by atomic mass is 16.6. The summed E-state index contributed by atoms with van der Waals surface area (Å²) >= 11 is 0. The number of unbranched alkanes of at least 4 members (excludes halogenated alkanes) is 3. The van der Waals surface area contributed by atoms with Gasteiger partial charge in [-0.1, -0.05) is 59.8 Å². The molecule has 0 radical (unpaired) electrons. The highest BCUT2D eigenvalue weighted by Crippen LogP contribution is 2.18. The van der Waals surface area contributed by atoms with Crippen molar-refractivity contribution in [1.29, 1.82) is 0 Å². The number of carbonyl (C=O) groups is 2. The van der Waals surface area contributed by atoms with E-state index in [4.69, 9.17) is 9.47 Å². The van der Waals surface area contributed by atoms with Crippen LogP contribution < -0.4 is 0 Å². The number of hydrogen-bond acceptors (Lipinski definition) is 4. The lowest BCUT2D eigenvalue weighted by molar-refractivity contribution is -0.171. The van der Waals surface area contributed by atoms with Crippen molar-refractivity contribution in [3.05, 3.63) is 0 Å². The second-order valence-corrected chi connectivity index (χ2v) is 5.89. The molecule has 0 amide bonds. The summed E-state index contributed by atoms with van der Waals surface area (Å²) in [4.78, 5) is 23.3. The largest absolute Gasteiger partial charge is 0.457 e. The molecule has 4 heteroatoms. The molecule has 1 unspecified atom stereocenters. The maximum atomic E-state index is 11.7. The third kappa shape index (κ3) is 9.80. The van der Waals surface area contributed by atoms with Gasteiger partial charge < -0.3 is 9.47 Å². The van der Waals surface area contributed by atoms with Gasteiger partial charge in [0.25, 0.3) is 0 Å². The highest BCUT2D eigenvalue weighted by Gasteiger charge is 2.22. The van der Waals surface area contributed by atoms with E-state index in [0.29, 0.717) is 12.5 Å². The van der Waals surface area contributed by atoms with Crippen molar-refractivity contribution in [2.75, 3.05) is 6.61 Å². The summed E-state index contributed by atoms with van der Waals surface area (Å²) in [5.74, 6) is -1.03. The van der Waals surface area contributed by atoms with Crippen molar-refractivity contribution in [1.82, 2.24) is 0 Å². The molecular weight excluding hydrogens is 280 g/mol. The summed E-state index contributed by atoms with van der Waals surface area (Å²) in [5, 5.41) is 0. The number of esters is 2. The number of hydrogen-bond donors (Lipinski definition) is 0. The second-order valence-electron chi connectivity index (χ2n) is 5.89. The Bertz CT molecular complexity index is 297. The molecule has 0 spiro atoms. The number of carbonyl (C=O) groups excluding carboxylic acids is 2. The van der Waals surface area contributed by atoms with Gasteiger partial charge in [0, 0.05) is 0 Å². The Morgan fingerprint density at radius 1 is 0.818 bits per heavy atom. The summed E-state index contributed by atoms with van der Waals surface area (Å²) in [6.45, 7) is 8.75. The van der Waals surface area contributed by atoms with Crippen LogP contribution in [0.3, 0.4) is 0 Å². The first-order valence-corrected chi connectivity index (χ1v) is 8.96. The molecule has 0 rings (SSSR count). The monoisotopic (exact) mass is 314 g/mol. The molecule has 0 aliphatic carbocycles. The summed E-state index contributed by atoms with van der Waals surface area (Å²) in [6, 6.07) is 0. The average molecular weight is 314 g/mol. The molecule has 0 aliphatic rings. The van der Waals surface area contributed by atoms with E-state index in [-0.39, 0.29) is 6.10 Å². The smallest absolute Gasteiger partial charge is 0.417 e. The molecule has 0 bridgehead atoms. The van der Waals surface area contributed by atoms with Crippen LogP contribution in [-0.4, -0.2) is 24.6 Å². The van der Waals surface area contributed by atoms with Gasteiger partial charge >= 0.3 is 11.9 Å². The van der Waals surface area contributed by atoms with Gasteiger partial charge in [-0.15, -0.1) is 0 Å². The van der Waals surface area contributed by atoms with Crippen LogP contribution in [0.1, 0.15) is 85.5 Å². The van der Waals surface area contributed by atoms with Crippen molar-refractivity contribution >= 4 is 11.9 Å². The fourth-order valence-electron chi connectivity index (χ4n) is 2.42. The number of rotatable bonds is 12. The Labute approximate surface area is 135 Å². The van der Waals surface area contributed by atoms with E-state index >= 15 is 0 Å². The quantitative estimate of drug-likeness (QED) is 0.299. The van der Waals surface area contributed by atoms with E-state index in [1.165, 1.54) is 0 Å². The van der Waals surface area contributed by atoms with E-state index in [9.17, 15) is 9.59 Å². The van der Waals surface area contributed by atoms with Crippen molar-refractivity contribution in [2.24, 2.45) is 5.92 Å². The maximum Gasteiger partial charge on any atom is 0.417 e. The Hall–Kier alpha value is -1.06. The zero-order valence-electron chi connectivity index (χ0n) is 14.9. The highest BCUT2D eigenvalue weighted by molar-refractivity contribution is 6.29. The molecule has 0 heterocycles. The fourth-order valence-corrected chi connectivity index (χ4v) is 2.42. The summed E-state index contributed by atoms with van der Waals surface area (Å²) in [7, 11) is 0. The van der Waals surface area contributed by atoms with Crippen LogP contribution in [0.25, 0.3) is 0 Å². The van der Waals surface area contributed by atoms with Gasteiger partial charge in [0.05, 0.1) is 6.61 Å². The lowest BCUT2D eigenvalue weighted by atomic mass is 9.95. The van der Waals surface area contributed by atoms with Crippen molar-refractivity contribution in [3.63, 3.8) is 0 Å². The normalized spacial score (nSPS) is 12.2. The van der Waals surface area contributed by atoms with Crippen LogP contribution in [0.15, 0.2) is 0 Å². The molecule has 0 aromatic rings. The van der Waals surface area contributed by atoms with Gasteiger partial charge in [-0.25, -0.2) is 9.59 Å². The van der Waals surface area contributed by atoms with Gasteiger partial charge in [-0.3, -0.25) is 0 Å². The van der Waals surface area contributed by atoms with Crippen LogP contribution in [0.4, 0.5) is 0 Å².